The minimum Gasteiger partial charge on any atom is -0.383 e. The van der Waals surface area contributed by atoms with Crippen molar-refractivity contribution in [1.82, 2.24) is 5.32 Å². The van der Waals surface area contributed by atoms with E-state index in [4.69, 9.17) is 15.2 Å². The second-order valence-electron chi connectivity index (χ2n) is 5.57. The Bertz CT molecular complexity index is 614. The maximum atomic E-state index is 11.7. The van der Waals surface area contributed by atoms with Crippen molar-refractivity contribution in [1.29, 1.82) is 0 Å². The molecule has 0 aliphatic carbocycles. The first-order valence-corrected chi connectivity index (χ1v) is 7.90. The number of hydrogen-bond donors (Lipinski definition) is 2. The Kier molecular flexibility index (Phi) is 7.42. The first-order valence-electron chi connectivity index (χ1n) is 7.90. The van der Waals surface area contributed by atoms with Gasteiger partial charge in [0, 0.05) is 13.7 Å². The van der Waals surface area contributed by atoms with Crippen LogP contribution < -0.4 is 11.1 Å². The molecule has 5 heteroatoms. The van der Waals surface area contributed by atoms with E-state index in [0.29, 0.717) is 19.8 Å². The van der Waals surface area contributed by atoms with Crippen molar-refractivity contribution in [3.63, 3.8) is 0 Å². The van der Waals surface area contributed by atoms with Gasteiger partial charge in [-0.25, -0.2) is 0 Å². The van der Waals surface area contributed by atoms with Gasteiger partial charge in [-0.05, 0) is 16.7 Å². The molecular formula is C19H24N2O3. The van der Waals surface area contributed by atoms with Gasteiger partial charge < -0.3 is 20.5 Å². The van der Waals surface area contributed by atoms with Gasteiger partial charge in [-0.2, -0.15) is 0 Å². The Morgan fingerprint density at radius 2 is 1.58 bits per heavy atom. The van der Waals surface area contributed by atoms with Crippen LogP contribution in [0.15, 0.2) is 54.6 Å². The molecule has 0 spiro atoms. The average Bonchev–Trinajstić information content (AvgIpc) is 2.62. The van der Waals surface area contributed by atoms with E-state index in [-0.39, 0.29) is 12.5 Å². The third-order valence-electron chi connectivity index (χ3n) is 3.55. The second kappa shape index (κ2) is 9.82. The summed E-state index contributed by atoms with van der Waals surface area (Å²) in [4.78, 5) is 11.7. The number of carbonyl (C=O) groups is 1. The number of amides is 1. The van der Waals surface area contributed by atoms with Crippen molar-refractivity contribution < 1.29 is 14.3 Å². The SMILES string of the molecule is COCC(N)C(=O)NCc1ccc(COCc2ccccc2)cc1. The molecule has 1 atom stereocenters. The van der Waals surface area contributed by atoms with Crippen molar-refractivity contribution >= 4 is 5.91 Å². The molecule has 2 aromatic rings. The van der Waals surface area contributed by atoms with E-state index < -0.39 is 6.04 Å². The first-order chi connectivity index (χ1) is 11.7. The molecular weight excluding hydrogens is 304 g/mol. The molecule has 1 amide bonds. The van der Waals surface area contributed by atoms with E-state index in [9.17, 15) is 4.79 Å². The van der Waals surface area contributed by atoms with Crippen LogP contribution in [0, 0.1) is 0 Å². The van der Waals surface area contributed by atoms with Gasteiger partial charge in [0.1, 0.15) is 6.04 Å². The highest BCUT2D eigenvalue weighted by Gasteiger charge is 2.12. The fraction of sp³-hybridized carbons (Fsp3) is 0.316. The third-order valence-corrected chi connectivity index (χ3v) is 3.55. The number of methoxy groups -OCH3 is 1. The van der Waals surface area contributed by atoms with Gasteiger partial charge in [0.2, 0.25) is 5.91 Å². The zero-order chi connectivity index (χ0) is 17.2. The lowest BCUT2D eigenvalue weighted by Gasteiger charge is -2.11. The highest BCUT2D eigenvalue weighted by atomic mass is 16.5. The summed E-state index contributed by atoms with van der Waals surface area (Å²) < 4.78 is 10.6. The van der Waals surface area contributed by atoms with Crippen LogP contribution in [-0.4, -0.2) is 25.7 Å². The molecule has 2 aromatic carbocycles. The lowest BCUT2D eigenvalue weighted by Crippen LogP contribution is -2.43. The van der Waals surface area contributed by atoms with E-state index in [0.717, 1.165) is 16.7 Å². The first kappa shape index (κ1) is 18.1. The molecule has 0 radical (unpaired) electrons. The summed E-state index contributed by atoms with van der Waals surface area (Å²) in [6.07, 6.45) is 0. The topological polar surface area (TPSA) is 73.6 Å². The molecule has 128 valence electrons. The lowest BCUT2D eigenvalue weighted by molar-refractivity contribution is -0.123. The van der Waals surface area contributed by atoms with E-state index in [2.05, 4.69) is 5.32 Å². The van der Waals surface area contributed by atoms with Gasteiger partial charge >= 0.3 is 0 Å². The van der Waals surface area contributed by atoms with Gasteiger partial charge in [-0.15, -0.1) is 0 Å². The minimum atomic E-state index is -0.638. The van der Waals surface area contributed by atoms with Crippen LogP contribution in [0.2, 0.25) is 0 Å². The van der Waals surface area contributed by atoms with Gasteiger partial charge in [-0.3, -0.25) is 4.79 Å². The number of rotatable bonds is 9. The molecule has 0 heterocycles. The Morgan fingerprint density at radius 1 is 1.00 bits per heavy atom. The van der Waals surface area contributed by atoms with Crippen molar-refractivity contribution in [2.24, 2.45) is 5.73 Å². The number of carbonyl (C=O) groups excluding carboxylic acids is 1. The number of hydrogen-bond acceptors (Lipinski definition) is 4. The number of ether oxygens (including phenoxy) is 2. The van der Waals surface area contributed by atoms with Crippen LogP contribution in [0.25, 0.3) is 0 Å². The molecule has 24 heavy (non-hydrogen) atoms. The molecule has 0 aliphatic heterocycles. The van der Waals surface area contributed by atoms with E-state index in [1.807, 2.05) is 54.6 Å². The summed E-state index contributed by atoms with van der Waals surface area (Å²) in [7, 11) is 1.52. The Labute approximate surface area is 142 Å². The van der Waals surface area contributed by atoms with Crippen molar-refractivity contribution in [3.05, 3.63) is 71.3 Å². The maximum Gasteiger partial charge on any atom is 0.239 e. The number of benzene rings is 2. The molecule has 0 aromatic heterocycles. The summed E-state index contributed by atoms with van der Waals surface area (Å²) in [6, 6.07) is 17.4. The molecule has 0 saturated carbocycles. The lowest BCUT2D eigenvalue weighted by atomic mass is 10.1. The molecule has 2 rings (SSSR count). The van der Waals surface area contributed by atoms with Crippen LogP contribution in [0.5, 0.6) is 0 Å². The van der Waals surface area contributed by atoms with Crippen LogP contribution in [-0.2, 0) is 34.0 Å². The standard InChI is InChI=1S/C19H24N2O3/c1-23-14-18(20)19(22)21-11-15-7-9-17(10-8-15)13-24-12-16-5-3-2-4-6-16/h2-10,18H,11-14,20H2,1H3,(H,21,22). The Hall–Kier alpha value is -2.21. The monoisotopic (exact) mass is 328 g/mol. The normalized spacial score (nSPS) is 11.9. The van der Waals surface area contributed by atoms with Gasteiger partial charge in [0.25, 0.3) is 0 Å². The summed E-state index contributed by atoms with van der Waals surface area (Å²) in [6.45, 7) is 1.81. The highest BCUT2D eigenvalue weighted by Crippen LogP contribution is 2.08. The maximum absolute atomic E-state index is 11.7. The van der Waals surface area contributed by atoms with Crippen molar-refractivity contribution in [2.75, 3.05) is 13.7 Å². The summed E-state index contributed by atoms with van der Waals surface area (Å²) in [5.41, 5.74) is 8.93. The molecule has 0 bridgehead atoms. The Balaban J connectivity index is 1.73. The zero-order valence-electron chi connectivity index (χ0n) is 13.9. The third kappa shape index (κ3) is 6.12. The zero-order valence-corrected chi connectivity index (χ0v) is 13.9. The molecule has 0 fully saturated rings. The quantitative estimate of drug-likeness (QED) is 0.738. The Morgan fingerprint density at radius 3 is 2.21 bits per heavy atom. The van der Waals surface area contributed by atoms with Crippen molar-refractivity contribution in [3.8, 4) is 0 Å². The van der Waals surface area contributed by atoms with Crippen LogP contribution in [0.3, 0.4) is 0 Å². The number of nitrogens with two attached hydrogens (primary N) is 1. The fourth-order valence-corrected chi connectivity index (χ4v) is 2.19. The second-order valence-corrected chi connectivity index (χ2v) is 5.57. The summed E-state index contributed by atoms with van der Waals surface area (Å²) >= 11 is 0. The largest absolute Gasteiger partial charge is 0.383 e. The molecule has 1 unspecified atom stereocenters. The van der Waals surface area contributed by atoms with Crippen molar-refractivity contribution in [2.45, 2.75) is 25.8 Å². The summed E-state index contributed by atoms with van der Waals surface area (Å²) in [5, 5.41) is 2.79. The van der Waals surface area contributed by atoms with E-state index in [1.54, 1.807) is 0 Å². The predicted octanol–water partition coefficient (Wildman–Crippen LogP) is 1.99. The molecule has 3 N–H and O–H groups in total. The van der Waals surface area contributed by atoms with Crippen LogP contribution in [0.1, 0.15) is 16.7 Å². The fourth-order valence-electron chi connectivity index (χ4n) is 2.19. The molecule has 0 aliphatic rings. The molecule has 5 nitrogen and oxygen atoms in total. The smallest absolute Gasteiger partial charge is 0.239 e. The minimum absolute atomic E-state index is 0.212. The average molecular weight is 328 g/mol. The number of nitrogens with one attached hydrogen (secondary N) is 1. The van der Waals surface area contributed by atoms with Crippen LogP contribution in [0.4, 0.5) is 0 Å². The van der Waals surface area contributed by atoms with Gasteiger partial charge in [-0.1, -0.05) is 54.6 Å². The highest BCUT2D eigenvalue weighted by molar-refractivity contribution is 5.81. The van der Waals surface area contributed by atoms with E-state index >= 15 is 0 Å². The molecule has 0 saturated heterocycles. The van der Waals surface area contributed by atoms with Gasteiger partial charge in [0.05, 0.1) is 19.8 Å². The van der Waals surface area contributed by atoms with Crippen LogP contribution >= 0.6 is 0 Å². The van der Waals surface area contributed by atoms with Gasteiger partial charge in [0.15, 0.2) is 0 Å². The van der Waals surface area contributed by atoms with E-state index in [1.165, 1.54) is 7.11 Å². The predicted molar refractivity (Wildman–Crippen MR) is 93.1 cm³/mol. The summed E-state index contributed by atoms with van der Waals surface area (Å²) in [5.74, 6) is -0.216.